The molecule has 0 bridgehead atoms. The van der Waals surface area contributed by atoms with Crippen LogP contribution in [0.3, 0.4) is 0 Å². The lowest BCUT2D eigenvalue weighted by Crippen LogP contribution is -2.73. The standard InChI is InChI=1S/C16H28N2O3/c1-4-5-11-21-12-10-18-14(20)15(2,3)17-13(19)16(18)8-6-7-9-16/h4-12H2,1-3H3,(H,17,19). The van der Waals surface area contributed by atoms with E-state index in [1.807, 2.05) is 0 Å². The SMILES string of the molecule is CCCCOCCN1C(=O)C(C)(C)NC(=O)C12CCCC2. The van der Waals surface area contributed by atoms with Gasteiger partial charge in [0.15, 0.2) is 0 Å². The summed E-state index contributed by atoms with van der Waals surface area (Å²) in [5.41, 5.74) is -1.44. The van der Waals surface area contributed by atoms with Crippen LogP contribution in [0.2, 0.25) is 0 Å². The maximum absolute atomic E-state index is 12.7. The number of carbonyl (C=O) groups is 2. The lowest BCUT2D eigenvalue weighted by Gasteiger charge is -2.49. The molecule has 1 saturated heterocycles. The van der Waals surface area contributed by atoms with E-state index in [0.29, 0.717) is 13.2 Å². The fourth-order valence-corrected chi connectivity index (χ4v) is 3.38. The van der Waals surface area contributed by atoms with Crippen molar-refractivity contribution in [1.82, 2.24) is 10.2 Å². The Hall–Kier alpha value is -1.10. The molecular weight excluding hydrogens is 268 g/mol. The Bertz CT molecular complexity index is 400. The molecule has 0 unspecified atom stereocenters. The Kier molecular flexibility index (Phi) is 4.91. The molecule has 1 N–H and O–H groups in total. The third-order valence-corrected chi connectivity index (χ3v) is 4.68. The number of hydrogen-bond acceptors (Lipinski definition) is 3. The molecule has 2 fully saturated rings. The van der Waals surface area contributed by atoms with Gasteiger partial charge in [-0.2, -0.15) is 0 Å². The highest BCUT2D eigenvalue weighted by Crippen LogP contribution is 2.39. The number of carbonyl (C=O) groups excluding carboxylic acids is 2. The lowest BCUT2D eigenvalue weighted by molar-refractivity contribution is -0.162. The quantitative estimate of drug-likeness (QED) is 0.761. The second kappa shape index (κ2) is 6.34. The normalized spacial score (nSPS) is 23.7. The van der Waals surface area contributed by atoms with Gasteiger partial charge in [0.25, 0.3) is 0 Å². The largest absolute Gasteiger partial charge is 0.380 e. The smallest absolute Gasteiger partial charge is 0.248 e. The van der Waals surface area contributed by atoms with Crippen LogP contribution < -0.4 is 5.32 Å². The molecule has 2 aliphatic rings. The fraction of sp³-hybridized carbons (Fsp3) is 0.875. The molecule has 1 spiro atoms. The summed E-state index contributed by atoms with van der Waals surface area (Å²) in [6.07, 6.45) is 5.70. The van der Waals surface area contributed by atoms with Crippen LogP contribution in [-0.4, -0.2) is 47.6 Å². The molecule has 120 valence electrons. The fourth-order valence-electron chi connectivity index (χ4n) is 3.38. The predicted octanol–water partition coefficient (Wildman–Crippen LogP) is 1.85. The number of piperazine rings is 1. The Morgan fingerprint density at radius 1 is 1.19 bits per heavy atom. The van der Waals surface area contributed by atoms with Crippen LogP contribution in [0, 0.1) is 0 Å². The van der Waals surface area contributed by atoms with Gasteiger partial charge in [0, 0.05) is 13.2 Å². The summed E-state index contributed by atoms with van der Waals surface area (Å²) in [6, 6.07) is 0. The topological polar surface area (TPSA) is 58.6 Å². The third kappa shape index (κ3) is 3.07. The number of amides is 2. The van der Waals surface area contributed by atoms with Crippen molar-refractivity contribution in [1.29, 1.82) is 0 Å². The first-order valence-corrected chi connectivity index (χ1v) is 8.16. The highest BCUT2D eigenvalue weighted by molar-refractivity contribution is 6.02. The summed E-state index contributed by atoms with van der Waals surface area (Å²) in [5, 5.41) is 2.91. The van der Waals surface area contributed by atoms with Gasteiger partial charge >= 0.3 is 0 Å². The minimum Gasteiger partial charge on any atom is -0.380 e. The van der Waals surface area contributed by atoms with Crippen molar-refractivity contribution < 1.29 is 14.3 Å². The molecule has 0 aromatic carbocycles. The molecule has 21 heavy (non-hydrogen) atoms. The van der Waals surface area contributed by atoms with E-state index in [9.17, 15) is 9.59 Å². The molecule has 1 aliphatic heterocycles. The maximum atomic E-state index is 12.7. The molecule has 1 aliphatic carbocycles. The molecule has 0 aromatic heterocycles. The molecule has 2 amide bonds. The van der Waals surface area contributed by atoms with Gasteiger partial charge in [-0.3, -0.25) is 9.59 Å². The van der Waals surface area contributed by atoms with E-state index in [1.54, 1.807) is 18.7 Å². The monoisotopic (exact) mass is 296 g/mol. The number of unbranched alkanes of at least 4 members (excludes halogenated alkanes) is 1. The summed E-state index contributed by atoms with van der Waals surface area (Å²) in [6.45, 7) is 7.43. The minimum absolute atomic E-state index is 0.0122. The molecule has 1 heterocycles. The Labute approximate surface area is 127 Å². The van der Waals surface area contributed by atoms with Gasteiger partial charge in [0.1, 0.15) is 11.1 Å². The van der Waals surface area contributed by atoms with Crippen molar-refractivity contribution in [2.24, 2.45) is 0 Å². The first-order chi connectivity index (χ1) is 9.94. The Balaban J connectivity index is 2.07. The lowest BCUT2D eigenvalue weighted by atomic mass is 9.85. The van der Waals surface area contributed by atoms with Crippen LogP contribution >= 0.6 is 0 Å². The van der Waals surface area contributed by atoms with E-state index in [4.69, 9.17) is 4.74 Å². The Morgan fingerprint density at radius 2 is 1.86 bits per heavy atom. The van der Waals surface area contributed by atoms with Crippen LogP contribution in [0.4, 0.5) is 0 Å². The molecule has 2 rings (SSSR count). The van der Waals surface area contributed by atoms with Crippen LogP contribution in [-0.2, 0) is 14.3 Å². The highest BCUT2D eigenvalue weighted by Gasteiger charge is 2.55. The first kappa shape index (κ1) is 16.3. The zero-order valence-corrected chi connectivity index (χ0v) is 13.5. The van der Waals surface area contributed by atoms with E-state index in [0.717, 1.165) is 45.1 Å². The number of nitrogens with one attached hydrogen (secondary N) is 1. The van der Waals surface area contributed by atoms with E-state index in [-0.39, 0.29) is 11.8 Å². The molecule has 5 heteroatoms. The number of nitrogens with zero attached hydrogens (tertiary/aromatic N) is 1. The Morgan fingerprint density at radius 3 is 2.48 bits per heavy atom. The summed E-state index contributed by atoms with van der Waals surface area (Å²) in [4.78, 5) is 27.1. The first-order valence-electron chi connectivity index (χ1n) is 8.16. The van der Waals surface area contributed by atoms with Gasteiger partial charge in [-0.1, -0.05) is 26.2 Å². The van der Waals surface area contributed by atoms with Crippen LogP contribution in [0.15, 0.2) is 0 Å². The van der Waals surface area contributed by atoms with Crippen molar-refractivity contribution in [2.75, 3.05) is 19.8 Å². The summed E-state index contributed by atoms with van der Waals surface area (Å²) in [7, 11) is 0. The molecular formula is C16H28N2O3. The average Bonchev–Trinajstić information content (AvgIpc) is 2.91. The van der Waals surface area contributed by atoms with Crippen LogP contribution in [0.5, 0.6) is 0 Å². The van der Waals surface area contributed by atoms with Crippen molar-refractivity contribution in [3.05, 3.63) is 0 Å². The summed E-state index contributed by atoms with van der Waals surface area (Å²) >= 11 is 0. The maximum Gasteiger partial charge on any atom is 0.248 e. The van der Waals surface area contributed by atoms with Crippen molar-refractivity contribution in [2.45, 2.75) is 70.4 Å². The van der Waals surface area contributed by atoms with Gasteiger partial charge in [-0.05, 0) is 33.1 Å². The van der Waals surface area contributed by atoms with E-state index < -0.39 is 11.1 Å². The van der Waals surface area contributed by atoms with Gasteiger partial charge in [-0.25, -0.2) is 0 Å². The minimum atomic E-state index is -0.811. The van der Waals surface area contributed by atoms with Crippen LogP contribution in [0.1, 0.15) is 59.3 Å². The summed E-state index contributed by atoms with van der Waals surface area (Å²) in [5.74, 6) is 0.0289. The highest BCUT2D eigenvalue weighted by atomic mass is 16.5. The van der Waals surface area contributed by atoms with E-state index >= 15 is 0 Å². The number of hydrogen-bond donors (Lipinski definition) is 1. The van der Waals surface area contributed by atoms with Crippen LogP contribution in [0.25, 0.3) is 0 Å². The van der Waals surface area contributed by atoms with Crippen molar-refractivity contribution >= 4 is 11.8 Å². The zero-order chi connectivity index (χ0) is 15.5. The molecule has 0 atom stereocenters. The second-order valence-corrected chi connectivity index (χ2v) is 6.74. The molecule has 1 saturated carbocycles. The zero-order valence-electron chi connectivity index (χ0n) is 13.5. The van der Waals surface area contributed by atoms with E-state index in [2.05, 4.69) is 12.2 Å². The third-order valence-electron chi connectivity index (χ3n) is 4.68. The second-order valence-electron chi connectivity index (χ2n) is 6.74. The van der Waals surface area contributed by atoms with Gasteiger partial charge in [-0.15, -0.1) is 0 Å². The van der Waals surface area contributed by atoms with E-state index in [1.165, 1.54) is 0 Å². The predicted molar refractivity (Wildman–Crippen MR) is 80.9 cm³/mol. The van der Waals surface area contributed by atoms with Gasteiger partial charge in [0.2, 0.25) is 11.8 Å². The van der Waals surface area contributed by atoms with Gasteiger partial charge in [0.05, 0.1) is 6.61 Å². The van der Waals surface area contributed by atoms with Crippen molar-refractivity contribution in [3.8, 4) is 0 Å². The number of rotatable bonds is 6. The van der Waals surface area contributed by atoms with Gasteiger partial charge < -0.3 is 15.0 Å². The van der Waals surface area contributed by atoms with Crippen molar-refractivity contribution in [3.63, 3.8) is 0 Å². The summed E-state index contributed by atoms with van der Waals surface area (Å²) < 4.78 is 5.61. The molecule has 0 radical (unpaired) electrons. The average molecular weight is 296 g/mol. The molecule has 5 nitrogen and oxygen atoms in total. The molecule has 0 aromatic rings. The number of ether oxygens (including phenoxy) is 1.